The average molecular weight is 615 g/mol. The zero-order valence-corrected chi connectivity index (χ0v) is 25.7. The minimum Gasteiger partial charge on any atom is -0.264 e. The van der Waals surface area contributed by atoms with Crippen molar-refractivity contribution in [2.24, 2.45) is 0 Å². The topological polar surface area (TPSA) is 77.3 Å². The van der Waals surface area contributed by atoms with Crippen molar-refractivity contribution >= 4 is 32.4 Å². The molecule has 4 heterocycles. The number of pyridine rings is 3. The van der Waals surface area contributed by atoms with Crippen molar-refractivity contribution in [1.82, 2.24) is 29.9 Å². The molecule has 9 aromatic rings. The Morgan fingerprint density at radius 2 is 0.958 bits per heavy atom. The first kappa shape index (κ1) is 27.6. The van der Waals surface area contributed by atoms with Crippen LogP contribution in [0.4, 0.5) is 0 Å². The van der Waals surface area contributed by atoms with Crippen molar-refractivity contribution in [3.05, 3.63) is 158 Å². The lowest BCUT2D eigenvalue weighted by atomic mass is 9.94. The van der Waals surface area contributed by atoms with E-state index in [2.05, 4.69) is 107 Å². The van der Waals surface area contributed by atoms with E-state index in [1.807, 2.05) is 36.4 Å². The quantitative estimate of drug-likeness (QED) is 0.180. The van der Waals surface area contributed by atoms with Crippen molar-refractivity contribution in [2.75, 3.05) is 0 Å². The molecule has 0 bridgehead atoms. The van der Waals surface area contributed by atoms with Gasteiger partial charge in [0.25, 0.3) is 0 Å². The Morgan fingerprint density at radius 3 is 1.67 bits per heavy atom. The molecule has 6 nitrogen and oxygen atoms in total. The summed E-state index contributed by atoms with van der Waals surface area (Å²) >= 11 is 0. The van der Waals surface area contributed by atoms with Gasteiger partial charge in [-0.15, -0.1) is 0 Å². The van der Waals surface area contributed by atoms with Crippen LogP contribution in [0.3, 0.4) is 0 Å². The zero-order valence-electron chi connectivity index (χ0n) is 25.7. The van der Waals surface area contributed by atoms with Crippen molar-refractivity contribution in [3.8, 4) is 56.5 Å². The Balaban J connectivity index is 1.13. The highest BCUT2D eigenvalue weighted by atomic mass is 15.0. The van der Waals surface area contributed by atoms with Crippen LogP contribution in [0.5, 0.6) is 0 Å². The van der Waals surface area contributed by atoms with E-state index in [1.165, 1.54) is 16.2 Å². The molecular formula is C42H26N6. The van der Waals surface area contributed by atoms with Gasteiger partial charge in [0.15, 0.2) is 17.5 Å². The van der Waals surface area contributed by atoms with E-state index in [-0.39, 0.29) is 0 Å². The van der Waals surface area contributed by atoms with Gasteiger partial charge in [0, 0.05) is 63.2 Å². The predicted molar refractivity (Wildman–Crippen MR) is 193 cm³/mol. The van der Waals surface area contributed by atoms with E-state index in [0.29, 0.717) is 17.5 Å². The summed E-state index contributed by atoms with van der Waals surface area (Å²) < 4.78 is 0. The van der Waals surface area contributed by atoms with Gasteiger partial charge in [-0.3, -0.25) is 9.97 Å². The second-order valence-electron chi connectivity index (χ2n) is 11.6. The van der Waals surface area contributed by atoms with Gasteiger partial charge >= 0.3 is 0 Å². The Labute approximate surface area is 276 Å². The van der Waals surface area contributed by atoms with Crippen LogP contribution in [-0.4, -0.2) is 29.9 Å². The van der Waals surface area contributed by atoms with E-state index in [4.69, 9.17) is 19.9 Å². The minimum atomic E-state index is 0.560. The summed E-state index contributed by atoms with van der Waals surface area (Å²) in [5, 5.41) is 6.00. The number of rotatable bonds is 5. The Hall–Kier alpha value is -6.66. The van der Waals surface area contributed by atoms with Crippen LogP contribution in [0.15, 0.2) is 158 Å². The Bertz CT molecular complexity index is 2530. The highest BCUT2D eigenvalue weighted by molar-refractivity contribution is 6.22. The molecular weight excluding hydrogens is 589 g/mol. The van der Waals surface area contributed by atoms with E-state index >= 15 is 0 Å². The number of para-hydroxylation sites is 1. The van der Waals surface area contributed by atoms with E-state index < -0.39 is 0 Å². The molecule has 0 spiro atoms. The van der Waals surface area contributed by atoms with Crippen molar-refractivity contribution in [3.63, 3.8) is 0 Å². The van der Waals surface area contributed by atoms with E-state index in [0.717, 1.165) is 55.4 Å². The van der Waals surface area contributed by atoms with Crippen LogP contribution in [0.1, 0.15) is 0 Å². The summed E-state index contributed by atoms with van der Waals surface area (Å²) in [6.07, 6.45) is 7.01. The number of fused-ring (bicyclic) bond motifs is 5. The number of hydrogen-bond donors (Lipinski definition) is 0. The number of nitrogens with zero attached hydrogens (tertiary/aromatic N) is 6. The molecule has 224 valence electrons. The number of hydrogen-bond acceptors (Lipinski definition) is 6. The molecule has 0 atom stereocenters. The lowest BCUT2D eigenvalue weighted by molar-refractivity contribution is 1.07. The van der Waals surface area contributed by atoms with Crippen molar-refractivity contribution in [1.29, 1.82) is 0 Å². The molecule has 0 amide bonds. The number of aromatic nitrogens is 6. The van der Waals surface area contributed by atoms with Gasteiger partial charge in [-0.1, -0.05) is 97.1 Å². The molecule has 0 aliphatic rings. The van der Waals surface area contributed by atoms with Gasteiger partial charge in [-0.05, 0) is 58.3 Å². The second kappa shape index (κ2) is 11.6. The molecule has 6 heteroatoms. The maximum absolute atomic E-state index is 5.17. The SMILES string of the molecule is c1cncc(-c2nc(-c3cccnc3)nc(-c3cccc(-c4ccc(-c5nc6ccccc6c6c5ccc5ccccc56)cc4)c3)n2)c1. The fourth-order valence-corrected chi connectivity index (χ4v) is 6.35. The van der Waals surface area contributed by atoms with Crippen LogP contribution in [0, 0.1) is 0 Å². The van der Waals surface area contributed by atoms with Crippen LogP contribution in [0.2, 0.25) is 0 Å². The molecule has 0 unspecified atom stereocenters. The molecule has 4 aromatic heterocycles. The Kier molecular flexibility index (Phi) is 6.68. The largest absolute Gasteiger partial charge is 0.264 e. The summed E-state index contributed by atoms with van der Waals surface area (Å²) in [5.74, 6) is 1.70. The lowest BCUT2D eigenvalue weighted by Crippen LogP contribution is -2.00. The molecule has 9 rings (SSSR count). The third-order valence-corrected chi connectivity index (χ3v) is 8.68. The van der Waals surface area contributed by atoms with Crippen LogP contribution in [0.25, 0.3) is 89.0 Å². The highest BCUT2D eigenvalue weighted by Gasteiger charge is 2.15. The molecule has 0 N–H and O–H groups in total. The predicted octanol–water partition coefficient (Wildman–Crippen LogP) is 9.85. The smallest absolute Gasteiger partial charge is 0.165 e. The highest BCUT2D eigenvalue weighted by Crippen LogP contribution is 2.37. The normalized spacial score (nSPS) is 11.3. The summed E-state index contributed by atoms with van der Waals surface area (Å²) in [4.78, 5) is 28.2. The summed E-state index contributed by atoms with van der Waals surface area (Å²) in [6.45, 7) is 0. The Morgan fingerprint density at radius 1 is 0.354 bits per heavy atom. The molecule has 0 aliphatic carbocycles. The second-order valence-corrected chi connectivity index (χ2v) is 11.6. The first-order valence-electron chi connectivity index (χ1n) is 15.8. The molecule has 48 heavy (non-hydrogen) atoms. The standard InChI is InChI=1S/C42H26N6/c1-2-13-34-28(8-1)20-21-36-38(34)35-14-3-4-15-37(35)45-39(36)29-18-16-27(17-19-29)30-9-5-10-31(24-30)40-46-41(32-11-6-22-43-25-32)48-42(47-40)33-12-7-23-44-26-33/h1-26H. The minimum absolute atomic E-state index is 0.560. The van der Waals surface area contributed by atoms with Gasteiger partial charge in [0.2, 0.25) is 0 Å². The monoisotopic (exact) mass is 614 g/mol. The molecule has 0 fully saturated rings. The fraction of sp³-hybridized carbons (Fsp3) is 0. The van der Waals surface area contributed by atoms with E-state index in [1.54, 1.807) is 24.8 Å². The summed E-state index contributed by atoms with van der Waals surface area (Å²) in [7, 11) is 0. The van der Waals surface area contributed by atoms with Gasteiger partial charge in [-0.25, -0.2) is 19.9 Å². The molecule has 0 radical (unpaired) electrons. The van der Waals surface area contributed by atoms with Crippen molar-refractivity contribution < 1.29 is 0 Å². The molecule has 5 aromatic carbocycles. The summed E-state index contributed by atoms with van der Waals surface area (Å²) in [6, 6.07) is 46.0. The van der Waals surface area contributed by atoms with Gasteiger partial charge in [0.1, 0.15) is 0 Å². The first-order chi connectivity index (χ1) is 23.8. The van der Waals surface area contributed by atoms with E-state index in [9.17, 15) is 0 Å². The van der Waals surface area contributed by atoms with Crippen LogP contribution < -0.4 is 0 Å². The maximum atomic E-state index is 5.17. The maximum Gasteiger partial charge on any atom is 0.165 e. The van der Waals surface area contributed by atoms with Gasteiger partial charge in [0.05, 0.1) is 11.2 Å². The number of benzene rings is 5. The third kappa shape index (κ3) is 4.93. The lowest BCUT2D eigenvalue weighted by Gasteiger charge is -2.13. The molecule has 0 aliphatic heterocycles. The zero-order chi connectivity index (χ0) is 31.9. The summed E-state index contributed by atoms with van der Waals surface area (Å²) in [5.41, 5.74) is 7.72. The first-order valence-corrected chi connectivity index (χ1v) is 15.8. The van der Waals surface area contributed by atoms with Gasteiger partial charge < -0.3 is 0 Å². The van der Waals surface area contributed by atoms with Crippen LogP contribution >= 0.6 is 0 Å². The van der Waals surface area contributed by atoms with Crippen LogP contribution in [-0.2, 0) is 0 Å². The van der Waals surface area contributed by atoms with Gasteiger partial charge in [-0.2, -0.15) is 0 Å². The average Bonchev–Trinajstić information content (AvgIpc) is 3.18. The van der Waals surface area contributed by atoms with Crippen molar-refractivity contribution in [2.45, 2.75) is 0 Å². The fourth-order valence-electron chi connectivity index (χ4n) is 6.35. The molecule has 0 saturated carbocycles. The third-order valence-electron chi connectivity index (χ3n) is 8.68. The molecule has 0 saturated heterocycles.